The molecule has 0 aliphatic rings. The Balaban J connectivity index is 2.44. The molecular formula is C12H10I2P+. The molecular weight excluding hydrogens is 429 g/mol. The Morgan fingerprint density at radius 2 is 0.933 bits per heavy atom. The zero-order chi connectivity index (χ0) is 10.7. The molecule has 15 heavy (non-hydrogen) atoms. The molecule has 0 radical (unpaired) electrons. The van der Waals surface area contributed by atoms with Crippen molar-refractivity contribution in [2.24, 2.45) is 0 Å². The Bertz CT molecular complexity index is 384. The molecule has 0 saturated heterocycles. The summed E-state index contributed by atoms with van der Waals surface area (Å²) in [6, 6.07) is 21.5. The Labute approximate surface area is 117 Å². The van der Waals surface area contributed by atoms with Gasteiger partial charge >= 0.3 is 0 Å². The molecule has 0 spiro atoms. The van der Waals surface area contributed by atoms with Crippen LogP contribution < -0.4 is 10.6 Å². The van der Waals surface area contributed by atoms with Crippen LogP contribution in [0.25, 0.3) is 0 Å². The molecule has 0 bridgehead atoms. The highest BCUT2D eigenvalue weighted by molar-refractivity contribution is 14.3. The lowest BCUT2D eigenvalue weighted by Gasteiger charge is -2.11. The van der Waals surface area contributed by atoms with Gasteiger partial charge in [0.25, 0.3) is 0 Å². The highest BCUT2D eigenvalue weighted by Gasteiger charge is 2.37. The normalized spacial score (nSPS) is 11.3. The fourth-order valence-electron chi connectivity index (χ4n) is 1.38. The molecule has 0 fully saturated rings. The average molecular weight is 439 g/mol. The van der Waals surface area contributed by atoms with E-state index >= 15 is 0 Å². The van der Waals surface area contributed by atoms with Crippen LogP contribution in [0.1, 0.15) is 0 Å². The van der Waals surface area contributed by atoms with Crippen LogP contribution >= 0.6 is 46.6 Å². The fraction of sp³-hybridized carbons (Fsp3) is 0. The molecule has 0 N–H and O–H groups in total. The van der Waals surface area contributed by atoms with Gasteiger partial charge in [0.05, 0.1) is 0 Å². The monoisotopic (exact) mass is 439 g/mol. The van der Waals surface area contributed by atoms with Crippen LogP contribution in [-0.4, -0.2) is 0 Å². The van der Waals surface area contributed by atoms with E-state index < -0.39 is 2.55 Å². The molecule has 0 nitrogen and oxygen atoms in total. The molecule has 2 rings (SSSR count). The second-order valence-corrected chi connectivity index (χ2v) is 19.5. The standard InChI is InChI=1S/C12H10I2P/c13-15(14,11-7-3-1-4-8-11)12-9-5-2-6-10-12/h1-10H/q+1. The first-order chi connectivity index (χ1) is 7.21. The van der Waals surface area contributed by atoms with E-state index in [-0.39, 0.29) is 0 Å². The molecule has 0 atom stereocenters. The summed E-state index contributed by atoms with van der Waals surface area (Å²) >= 11 is 5.21. The van der Waals surface area contributed by atoms with Crippen LogP contribution in [0.5, 0.6) is 0 Å². The molecule has 0 saturated carbocycles. The predicted octanol–water partition coefficient (Wildman–Crippen LogP) is 4.36. The summed E-state index contributed by atoms with van der Waals surface area (Å²) in [4.78, 5) is 0. The molecule has 0 aliphatic carbocycles. The summed E-state index contributed by atoms with van der Waals surface area (Å²) in [5, 5.41) is 2.88. The second kappa shape index (κ2) is 5.11. The Morgan fingerprint density at radius 3 is 1.27 bits per heavy atom. The quantitative estimate of drug-likeness (QED) is 0.483. The first-order valence-electron chi connectivity index (χ1n) is 4.61. The van der Waals surface area contributed by atoms with E-state index in [2.05, 4.69) is 105 Å². The van der Waals surface area contributed by atoms with E-state index in [9.17, 15) is 0 Å². The SMILES string of the molecule is I[P+](I)(c1ccccc1)c1ccccc1. The zero-order valence-corrected chi connectivity index (χ0v) is 13.2. The highest BCUT2D eigenvalue weighted by atomic mass is 127. The van der Waals surface area contributed by atoms with Gasteiger partial charge in [-0.1, -0.05) is 36.4 Å². The summed E-state index contributed by atoms with van der Waals surface area (Å²) in [5.74, 6) is 0. The predicted molar refractivity (Wildman–Crippen MR) is 87.1 cm³/mol. The smallest absolute Gasteiger partial charge is 0.0620 e. The van der Waals surface area contributed by atoms with Gasteiger partial charge in [-0.25, -0.2) is 0 Å². The molecule has 0 aliphatic heterocycles. The van der Waals surface area contributed by atoms with Crippen molar-refractivity contribution >= 4 is 57.2 Å². The topological polar surface area (TPSA) is 0 Å². The molecule has 76 valence electrons. The lowest BCUT2D eigenvalue weighted by atomic mass is 10.4. The maximum absolute atomic E-state index is 2.61. The van der Waals surface area contributed by atoms with E-state index in [4.69, 9.17) is 0 Å². The summed E-state index contributed by atoms with van der Waals surface area (Å²) < 4.78 is -1.21. The van der Waals surface area contributed by atoms with Crippen molar-refractivity contribution in [1.82, 2.24) is 0 Å². The Kier molecular flexibility index (Phi) is 4.02. The summed E-state index contributed by atoms with van der Waals surface area (Å²) in [5.41, 5.74) is 0. The lowest BCUT2D eigenvalue weighted by molar-refractivity contribution is 1.76. The first kappa shape index (κ1) is 11.8. The van der Waals surface area contributed by atoms with Crippen LogP contribution in [0, 0.1) is 0 Å². The first-order valence-corrected chi connectivity index (χ1v) is 12.0. The maximum Gasteiger partial charge on any atom is 0.200 e. The van der Waals surface area contributed by atoms with Crippen molar-refractivity contribution in [3.8, 4) is 0 Å². The zero-order valence-electron chi connectivity index (χ0n) is 7.98. The summed E-state index contributed by atoms with van der Waals surface area (Å²) in [7, 11) is 0. The van der Waals surface area contributed by atoms with Crippen LogP contribution in [0.2, 0.25) is 0 Å². The van der Waals surface area contributed by atoms with Crippen LogP contribution in [0.15, 0.2) is 60.7 Å². The van der Waals surface area contributed by atoms with Crippen LogP contribution in [-0.2, 0) is 0 Å². The summed E-state index contributed by atoms with van der Waals surface area (Å²) in [6.07, 6.45) is 0. The van der Waals surface area contributed by atoms with Crippen molar-refractivity contribution in [1.29, 1.82) is 0 Å². The van der Waals surface area contributed by atoms with Crippen molar-refractivity contribution in [3.05, 3.63) is 60.7 Å². The molecule has 0 aromatic heterocycles. The number of benzene rings is 2. The van der Waals surface area contributed by atoms with Gasteiger partial charge < -0.3 is 0 Å². The molecule has 0 unspecified atom stereocenters. The van der Waals surface area contributed by atoms with E-state index in [1.165, 1.54) is 10.6 Å². The van der Waals surface area contributed by atoms with E-state index in [0.29, 0.717) is 0 Å². The third-order valence-corrected chi connectivity index (χ3v) is 10.7. The largest absolute Gasteiger partial charge is 0.200 e. The van der Waals surface area contributed by atoms with E-state index in [1.54, 1.807) is 0 Å². The maximum atomic E-state index is 2.61. The number of halogens is 2. The lowest BCUT2D eigenvalue weighted by Crippen LogP contribution is -2.12. The summed E-state index contributed by atoms with van der Waals surface area (Å²) in [6.45, 7) is 0. The second-order valence-electron chi connectivity index (χ2n) is 3.18. The highest BCUT2D eigenvalue weighted by Crippen LogP contribution is 2.71. The van der Waals surface area contributed by atoms with Gasteiger partial charge in [0.2, 0.25) is 0 Å². The number of hydrogen-bond acceptors (Lipinski definition) is 0. The van der Waals surface area contributed by atoms with Gasteiger partial charge in [0.15, 0.2) is 46.6 Å². The molecule has 2 aromatic carbocycles. The molecule has 3 heteroatoms. The van der Waals surface area contributed by atoms with Gasteiger partial charge in [0.1, 0.15) is 10.6 Å². The minimum Gasteiger partial charge on any atom is -0.0620 e. The minimum atomic E-state index is -1.21. The minimum absolute atomic E-state index is 1.21. The van der Waals surface area contributed by atoms with Gasteiger partial charge in [-0.05, 0) is 24.3 Å². The van der Waals surface area contributed by atoms with Gasteiger partial charge in [-0.3, -0.25) is 0 Å². The molecule has 2 aromatic rings. The Hall–Kier alpha value is 0.330. The third-order valence-electron chi connectivity index (χ3n) is 2.16. The van der Waals surface area contributed by atoms with Crippen molar-refractivity contribution in [2.75, 3.05) is 0 Å². The van der Waals surface area contributed by atoms with Crippen molar-refractivity contribution in [2.45, 2.75) is 0 Å². The van der Waals surface area contributed by atoms with Gasteiger partial charge in [-0.15, -0.1) is 0 Å². The van der Waals surface area contributed by atoms with Gasteiger partial charge in [-0.2, -0.15) is 0 Å². The fourth-order valence-corrected chi connectivity index (χ4v) is 6.63. The number of hydrogen-bond donors (Lipinski definition) is 0. The van der Waals surface area contributed by atoms with E-state index in [1.807, 2.05) is 0 Å². The number of rotatable bonds is 2. The van der Waals surface area contributed by atoms with Crippen LogP contribution in [0.3, 0.4) is 0 Å². The van der Waals surface area contributed by atoms with E-state index in [0.717, 1.165) is 0 Å². The Morgan fingerprint density at radius 1 is 0.600 bits per heavy atom. The van der Waals surface area contributed by atoms with Gasteiger partial charge in [0, 0.05) is 0 Å². The third kappa shape index (κ3) is 2.71. The average Bonchev–Trinajstić information content (AvgIpc) is 2.31. The van der Waals surface area contributed by atoms with Crippen molar-refractivity contribution in [3.63, 3.8) is 0 Å². The molecule has 0 heterocycles. The van der Waals surface area contributed by atoms with Crippen LogP contribution in [0.4, 0.5) is 0 Å². The molecule has 0 amide bonds. The van der Waals surface area contributed by atoms with Crippen molar-refractivity contribution < 1.29 is 0 Å².